The number of thiophene rings is 1. The van der Waals surface area contributed by atoms with Crippen LogP contribution in [0.15, 0.2) is 39.9 Å². The van der Waals surface area contributed by atoms with Crippen LogP contribution in [0.2, 0.25) is 5.02 Å². The highest BCUT2D eigenvalue weighted by Gasteiger charge is 2.29. The van der Waals surface area contributed by atoms with Crippen molar-refractivity contribution in [1.82, 2.24) is 9.62 Å². The molecule has 1 fully saturated rings. The van der Waals surface area contributed by atoms with Crippen LogP contribution in [0.4, 0.5) is 5.69 Å². The van der Waals surface area contributed by atoms with Gasteiger partial charge in [0.25, 0.3) is 0 Å². The first-order valence-corrected chi connectivity index (χ1v) is 11.9. The number of piperidine rings is 1. The van der Waals surface area contributed by atoms with Crippen LogP contribution in [-0.4, -0.2) is 44.4 Å². The number of nitrogens with zero attached hydrogens (tertiary/aromatic N) is 1. The summed E-state index contributed by atoms with van der Waals surface area (Å²) in [4.78, 5) is 14.7. The summed E-state index contributed by atoms with van der Waals surface area (Å²) in [7, 11) is -3.46. The van der Waals surface area contributed by atoms with Crippen molar-refractivity contribution in [3.05, 3.63) is 46.3 Å². The van der Waals surface area contributed by atoms with E-state index in [1.54, 1.807) is 29.6 Å². The maximum absolute atomic E-state index is 12.6. The Morgan fingerprint density at radius 3 is 2.61 bits per heavy atom. The summed E-state index contributed by atoms with van der Waals surface area (Å²) in [5.41, 5.74) is 1.55. The normalized spacial score (nSPS) is 17.4. The molecule has 0 saturated carbocycles. The van der Waals surface area contributed by atoms with E-state index in [0.29, 0.717) is 40.9 Å². The number of sulfonamides is 1. The predicted octanol–water partition coefficient (Wildman–Crippen LogP) is 3.48. The van der Waals surface area contributed by atoms with E-state index in [-0.39, 0.29) is 18.0 Å². The Balaban J connectivity index is 1.54. The number of nitrogens with one attached hydrogen (secondary N) is 2. The topological polar surface area (TPSA) is 78.5 Å². The molecule has 2 aromatic rings. The molecular weight excluding hydrogens is 418 g/mol. The fraction of sp³-hybridized carbons (Fsp3) is 0.421. The molecule has 0 bridgehead atoms. The van der Waals surface area contributed by atoms with Gasteiger partial charge in [0.2, 0.25) is 15.9 Å². The second kappa shape index (κ2) is 8.92. The number of hydrogen-bond donors (Lipinski definition) is 2. The van der Waals surface area contributed by atoms with Crippen molar-refractivity contribution in [1.29, 1.82) is 0 Å². The summed E-state index contributed by atoms with van der Waals surface area (Å²) in [5.74, 6) is -0.0945. The molecule has 28 heavy (non-hydrogen) atoms. The van der Waals surface area contributed by atoms with Crippen molar-refractivity contribution >= 4 is 44.6 Å². The second-order valence-corrected chi connectivity index (χ2v) is 10.2. The quantitative estimate of drug-likeness (QED) is 0.719. The smallest absolute Gasteiger partial charge is 0.250 e. The highest BCUT2D eigenvalue weighted by molar-refractivity contribution is 7.91. The molecule has 9 heteroatoms. The Hall–Kier alpha value is -1.45. The molecule has 152 valence electrons. The van der Waals surface area contributed by atoms with Crippen molar-refractivity contribution in [3.63, 3.8) is 0 Å². The van der Waals surface area contributed by atoms with Gasteiger partial charge < -0.3 is 5.32 Å². The number of rotatable bonds is 6. The average molecular weight is 442 g/mol. The first kappa shape index (κ1) is 21.3. The van der Waals surface area contributed by atoms with E-state index in [1.165, 1.54) is 11.3 Å². The molecule has 1 atom stereocenters. The minimum Gasteiger partial charge on any atom is -0.324 e. The van der Waals surface area contributed by atoms with Crippen LogP contribution >= 0.6 is 22.9 Å². The summed E-state index contributed by atoms with van der Waals surface area (Å²) in [6.07, 6.45) is 1.33. The Morgan fingerprint density at radius 1 is 1.25 bits per heavy atom. The van der Waals surface area contributed by atoms with Gasteiger partial charge in [-0.1, -0.05) is 23.7 Å². The van der Waals surface area contributed by atoms with Gasteiger partial charge in [0, 0.05) is 29.8 Å². The fourth-order valence-electron chi connectivity index (χ4n) is 3.24. The van der Waals surface area contributed by atoms with Crippen molar-refractivity contribution in [2.45, 2.75) is 43.0 Å². The monoisotopic (exact) mass is 441 g/mol. The molecule has 1 amide bonds. The molecule has 1 aromatic carbocycles. The maximum atomic E-state index is 12.6. The van der Waals surface area contributed by atoms with Crippen molar-refractivity contribution in [2.75, 3.05) is 18.4 Å². The molecule has 0 aliphatic carbocycles. The summed E-state index contributed by atoms with van der Waals surface area (Å²) in [6, 6.07) is 8.33. The lowest BCUT2D eigenvalue weighted by molar-refractivity contribution is -0.121. The van der Waals surface area contributed by atoms with Gasteiger partial charge in [0.05, 0.1) is 6.04 Å². The van der Waals surface area contributed by atoms with Crippen LogP contribution in [0.25, 0.3) is 0 Å². The Morgan fingerprint density at radius 2 is 1.96 bits per heavy atom. The van der Waals surface area contributed by atoms with Crippen LogP contribution in [0.5, 0.6) is 0 Å². The molecule has 1 unspecified atom stereocenters. The van der Waals surface area contributed by atoms with Gasteiger partial charge in [-0.2, -0.15) is 0 Å². The number of carbonyl (C=O) groups is 1. The van der Waals surface area contributed by atoms with Crippen LogP contribution in [0, 0.1) is 6.92 Å². The standard InChI is InChI=1S/C19H24ClN3O3S2/c1-13-16(20)5-3-6-17(13)21-19(24)14(2)23-10-8-15(9-11-23)22-28(25,26)18-7-4-12-27-18/h3-7,12,14-15,22H,8-11H2,1-2H3,(H,21,24). The summed E-state index contributed by atoms with van der Waals surface area (Å²) >= 11 is 7.32. The average Bonchev–Trinajstić information content (AvgIpc) is 3.21. The number of anilines is 1. The number of hydrogen-bond acceptors (Lipinski definition) is 5. The SMILES string of the molecule is Cc1c(Cl)cccc1NC(=O)C(C)N1CCC(NS(=O)(=O)c2cccs2)CC1. The molecule has 0 spiro atoms. The summed E-state index contributed by atoms with van der Waals surface area (Å²) in [5, 5.41) is 5.31. The first-order chi connectivity index (χ1) is 13.3. The van der Waals surface area contributed by atoms with E-state index >= 15 is 0 Å². The summed E-state index contributed by atoms with van der Waals surface area (Å²) in [6.45, 7) is 5.04. The molecule has 3 rings (SSSR count). The van der Waals surface area contributed by atoms with Crippen molar-refractivity contribution < 1.29 is 13.2 Å². The van der Waals surface area contributed by atoms with Crippen molar-refractivity contribution in [2.24, 2.45) is 0 Å². The zero-order valence-electron chi connectivity index (χ0n) is 15.8. The first-order valence-electron chi connectivity index (χ1n) is 9.14. The number of benzene rings is 1. The Labute approximate surface area is 174 Å². The molecular formula is C19H24ClN3O3S2. The number of likely N-dealkylation sites (tertiary alicyclic amines) is 1. The number of carbonyl (C=O) groups excluding carboxylic acids is 1. The zero-order chi connectivity index (χ0) is 20.3. The van der Waals surface area contributed by atoms with Gasteiger partial charge in [-0.3, -0.25) is 9.69 Å². The number of halogens is 1. The molecule has 1 aromatic heterocycles. The fourth-order valence-corrected chi connectivity index (χ4v) is 5.73. The van der Waals surface area contributed by atoms with Gasteiger partial charge in [-0.05, 0) is 55.8 Å². The van der Waals surface area contributed by atoms with Crippen LogP contribution in [0.1, 0.15) is 25.3 Å². The van der Waals surface area contributed by atoms with Gasteiger partial charge in [0.15, 0.2) is 0 Å². The van der Waals surface area contributed by atoms with E-state index < -0.39 is 10.0 Å². The minimum atomic E-state index is -3.46. The molecule has 2 heterocycles. The van der Waals surface area contributed by atoms with Crippen molar-refractivity contribution in [3.8, 4) is 0 Å². The van der Waals surface area contributed by atoms with Gasteiger partial charge in [-0.15, -0.1) is 11.3 Å². The van der Waals surface area contributed by atoms with Crippen LogP contribution < -0.4 is 10.0 Å². The van der Waals surface area contributed by atoms with Crippen LogP contribution in [0.3, 0.4) is 0 Å². The highest BCUT2D eigenvalue weighted by Crippen LogP contribution is 2.24. The summed E-state index contributed by atoms with van der Waals surface area (Å²) < 4.78 is 27.8. The highest BCUT2D eigenvalue weighted by atomic mass is 35.5. The third-order valence-corrected chi connectivity index (χ3v) is 8.39. The van der Waals surface area contributed by atoms with E-state index in [1.807, 2.05) is 19.9 Å². The Bertz CT molecular complexity index is 924. The maximum Gasteiger partial charge on any atom is 0.250 e. The predicted molar refractivity (Wildman–Crippen MR) is 114 cm³/mol. The molecule has 6 nitrogen and oxygen atoms in total. The molecule has 2 N–H and O–H groups in total. The minimum absolute atomic E-state index is 0.0945. The van der Waals surface area contributed by atoms with Gasteiger partial charge >= 0.3 is 0 Å². The molecule has 0 radical (unpaired) electrons. The van der Waals surface area contributed by atoms with E-state index in [9.17, 15) is 13.2 Å². The van der Waals surface area contributed by atoms with Gasteiger partial charge in [-0.25, -0.2) is 13.1 Å². The zero-order valence-corrected chi connectivity index (χ0v) is 18.2. The Kier molecular flexibility index (Phi) is 6.77. The molecule has 1 saturated heterocycles. The van der Waals surface area contributed by atoms with E-state index in [2.05, 4.69) is 14.9 Å². The third kappa shape index (κ3) is 4.93. The number of amides is 1. The lowest BCUT2D eigenvalue weighted by atomic mass is 10.0. The van der Waals surface area contributed by atoms with Crippen LogP contribution in [-0.2, 0) is 14.8 Å². The third-order valence-electron chi connectivity index (χ3n) is 5.06. The lowest BCUT2D eigenvalue weighted by Crippen LogP contribution is -2.50. The van der Waals surface area contributed by atoms with E-state index in [4.69, 9.17) is 11.6 Å². The molecule has 1 aliphatic heterocycles. The lowest BCUT2D eigenvalue weighted by Gasteiger charge is -2.35. The van der Waals surface area contributed by atoms with E-state index in [0.717, 1.165) is 5.56 Å². The molecule has 1 aliphatic rings. The van der Waals surface area contributed by atoms with Gasteiger partial charge in [0.1, 0.15) is 4.21 Å². The largest absolute Gasteiger partial charge is 0.324 e. The second-order valence-electron chi connectivity index (χ2n) is 6.94.